The highest BCUT2D eigenvalue weighted by molar-refractivity contribution is 5.82. The SMILES string of the molecule is CCCCC[C@@H]1N=C(N)C[C@@H]1C(F)(F)F. The zero-order valence-electron chi connectivity index (χ0n) is 8.85. The van der Waals surface area contributed by atoms with Gasteiger partial charge in [-0.3, -0.25) is 4.99 Å². The Morgan fingerprint density at radius 1 is 1.40 bits per heavy atom. The molecular formula is C10H17F3N2. The van der Waals surface area contributed by atoms with Crippen LogP contribution in [0.15, 0.2) is 4.99 Å². The van der Waals surface area contributed by atoms with Crippen molar-refractivity contribution in [2.75, 3.05) is 0 Å². The summed E-state index contributed by atoms with van der Waals surface area (Å²) in [5.74, 6) is -1.20. The van der Waals surface area contributed by atoms with Crippen LogP contribution in [0.2, 0.25) is 0 Å². The van der Waals surface area contributed by atoms with Gasteiger partial charge in [0.15, 0.2) is 0 Å². The second-order valence-corrected chi connectivity index (χ2v) is 4.04. The minimum absolute atomic E-state index is 0.125. The molecule has 1 rings (SSSR count). The van der Waals surface area contributed by atoms with Gasteiger partial charge in [0.05, 0.1) is 17.8 Å². The van der Waals surface area contributed by atoms with Crippen LogP contribution in [0.4, 0.5) is 13.2 Å². The standard InChI is InChI=1S/C10H17F3N2/c1-2-3-4-5-8-7(10(11,12)13)6-9(14)15-8/h7-8H,2-6H2,1H3,(H2,14,15)/t7-,8-/m0/s1. The van der Waals surface area contributed by atoms with Gasteiger partial charge in [-0.05, 0) is 6.42 Å². The number of nitrogens with two attached hydrogens (primary N) is 1. The third-order valence-electron chi connectivity index (χ3n) is 2.75. The zero-order chi connectivity index (χ0) is 11.5. The van der Waals surface area contributed by atoms with Crippen LogP contribution in [0.3, 0.4) is 0 Å². The van der Waals surface area contributed by atoms with Gasteiger partial charge in [-0.2, -0.15) is 13.2 Å². The number of aliphatic imine (C=N–C) groups is 1. The lowest BCUT2D eigenvalue weighted by atomic mass is 9.94. The summed E-state index contributed by atoms with van der Waals surface area (Å²) in [6, 6.07) is -0.642. The van der Waals surface area contributed by atoms with Gasteiger partial charge in [0.2, 0.25) is 0 Å². The third-order valence-corrected chi connectivity index (χ3v) is 2.75. The van der Waals surface area contributed by atoms with Gasteiger partial charge in [-0.25, -0.2) is 0 Å². The molecule has 2 N–H and O–H groups in total. The molecule has 0 aliphatic carbocycles. The normalized spacial score (nSPS) is 26.8. The van der Waals surface area contributed by atoms with E-state index in [0.29, 0.717) is 6.42 Å². The first-order chi connectivity index (χ1) is 6.95. The van der Waals surface area contributed by atoms with Gasteiger partial charge in [-0.1, -0.05) is 26.2 Å². The van der Waals surface area contributed by atoms with Crippen molar-refractivity contribution in [1.82, 2.24) is 0 Å². The first-order valence-electron chi connectivity index (χ1n) is 5.34. The molecule has 2 atom stereocenters. The molecule has 0 bridgehead atoms. The van der Waals surface area contributed by atoms with Crippen molar-refractivity contribution in [3.63, 3.8) is 0 Å². The van der Waals surface area contributed by atoms with Crippen LogP contribution < -0.4 is 5.73 Å². The Hall–Kier alpha value is -0.740. The van der Waals surface area contributed by atoms with Gasteiger partial charge in [0.1, 0.15) is 0 Å². The summed E-state index contributed by atoms with van der Waals surface area (Å²) < 4.78 is 37.7. The van der Waals surface area contributed by atoms with E-state index in [-0.39, 0.29) is 12.3 Å². The van der Waals surface area contributed by atoms with Crippen molar-refractivity contribution in [2.45, 2.75) is 51.2 Å². The van der Waals surface area contributed by atoms with E-state index in [1.54, 1.807) is 0 Å². The van der Waals surface area contributed by atoms with Gasteiger partial charge >= 0.3 is 6.18 Å². The van der Waals surface area contributed by atoms with Crippen molar-refractivity contribution in [3.05, 3.63) is 0 Å². The highest BCUT2D eigenvalue weighted by Crippen LogP contribution is 2.37. The lowest BCUT2D eigenvalue weighted by molar-refractivity contribution is -0.176. The number of amidine groups is 1. The molecule has 15 heavy (non-hydrogen) atoms. The predicted octanol–water partition coefficient (Wildman–Crippen LogP) is 2.87. The molecule has 1 aliphatic heterocycles. The van der Waals surface area contributed by atoms with Crippen molar-refractivity contribution < 1.29 is 13.2 Å². The maximum atomic E-state index is 12.6. The Balaban J connectivity index is 2.51. The summed E-state index contributed by atoms with van der Waals surface area (Å²) in [5.41, 5.74) is 5.37. The fourth-order valence-corrected chi connectivity index (χ4v) is 1.92. The molecule has 5 heteroatoms. The summed E-state index contributed by atoms with van der Waals surface area (Å²) in [6.45, 7) is 2.02. The van der Waals surface area contributed by atoms with Crippen LogP contribution in [-0.2, 0) is 0 Å². The van der Waals surface area contributed by atoms with Crippen LogP contribution >= 0.6 is 0 Å². The Labute approximate surface area is 87.7 Å². The van der Waals surface area contributed by atoms with Gasteiger partial charge in [0.25, 0.3) is 0 Å². The topological polar surface area (TPSA) is 38.4 Å². The molecule has 0 unspecified atom stereocenters. The van der Waals surface area contributed by atoms with Gasteiger partial charge in [-0.15, -0.1) is 0 Å². The Kier molecular flexibility index (Phi) is 3.99. The van der Waals surface area contributed by atoms with Crippen molar-refractivity contribution in [1.29, 1.82) is 0 Å². The van der Waals surface area contributed by atoms with E-state index in [1.165, 1.54) is 0 Å². The molecular weight excluding hydrogens is 205 g/mol. The first-order valence-corrected chi connectivity index (χ1v) is 5.34. The highest BCUT2D eigenvalue weighted by atomic mass is 19.4. The number of alkyl halides is 3. The fraction of sp³-hybridized carbons (Fsp3) is 0.900. The summed E-state index contributed by atoms with van der Waals surface area (Å²) >= 11 is 0. The summed E-state index contributed by atoms with van der Waals surface area (Å²) in [6.07, 6.45) is -1.04. The monoisotopic (exact) mass is 222 g/mol. The van der Waals surface area contributed by atoms with Crippen LogP contribution in [-0.4, -0.2) is 18.1 Å². The number of rotatable bonds is 4. The molecule has 0 amide bonds. The van der Waals surface area contributed by atoms with Gasteiger partial charge in [0, 0.05) is 6.42 Å². The number of unbranched alkanes of at least 4 members (excludes halogenated alkanes) is 2. The molecule has 1 aliphatic rings. The van der Waals surface area contributed by atoms with Crippen LogP contribution in [0.5, 0.6) is 0 Å². The fourth-order valence-electron chi connectivity index (χ4n) is 1.92. The van der Waals surface area contributed by atoms with Crippen LogP contribution in [0.1, 0.15) is 39.0 Å². The summed E-state index contributed by atoms with van der Waals surface area (Å²) in [4.78, 5) is 3.88. The van der Waals surface area contributed by atoms with E-state index in [0.717, 1.165) is 19.3 Å². The highest BCUT2D eigenvalue weighted by Gasteiger charge is 2.47. The number of hydrogen-bond donors (Lipinski definition) is 1. The van der Waals surface area contributed by atoms with Crippen molar-refractivity contribution >= 4 is 5.84 Å². The smallest absolute Gasteiger partial charge is 0.387 e. The maximum absolute atomic E-state index is 12.6. The third kappa shape index (κ3) is 3.39. The quantitative estimate of drug-likeness (QED) is 0.730. The molecule has 0 fully saturated rings. The minimum atomic E-state index is -4.17. The minimum Gasteiger partial charge on any atom is -0.387 e. The molecule has 0 aromatic heterocycles. The lowest BCUT2D eigenvalue weighted by Gasteiger charge is -2.20. The molecule has 88 valence electrons. The lowest BCUT2D eigenvalue weighted by Crippen LogP contribution is -2.30. The molecule has 1 heterocycles. The zero-order valence-corrected chi connectivity index (χ0v) is 8.85. The van der Waals surface area contributed by atoms with Crippen molar-refractivity contribution in [3.8, 4) is 0 Å². The Morgan fingerprint density at radius 3 is 2.60 bits per heavy atom. The summed E-state index contributed by atoms with van der Waals surface area (Å²) in [7, 11) is 0. The molecule has 0 saturated carbocycles. The molecule has 2 nitrogen and oxygen atoms in total. The Bertz CT molecular complexity index is 235. The van der Waals surface area contributed by atoms with Crippen LogP contribution in [0, 0.1) is 5.92 Å². The second kappa shape index (κ2) is 4.86. The van der Waals surface area contributed by atoms with E-state index in [4.69, 9.17) is 5.73 Å². The number of halogens is 3. The van der Waals surface area contributed by atoms with Gasteiger partial charge < -0.3 is 5.73 Å². The van der Waals surface area contributed by atoms with Crippen LogP contribution in [0.25, 0.3) is 0 Å². The number of hydrogen-bond acceptors (Lipinski definition) is 2. The van der Waals surface area contributed by atoms with E-state index >= 15 is 0 Å². The van der Waals surface area contributed by atoms with E-state index in [9.17, 15) is 13.2 Å². The Morgan fingerprint density at radius 2 is 2.07 bits per heavy atom. The predicted molar refractivity (Wildman–Crippen MR) is 53.7 cm³/mol. The van der Waals surface area contributed by atoms with E-state index in [2.05, 4.69) is 4.99 Å². The summed E-state index contributed by atoms with van der Waals surface area (Å²) in [5, 5.41) is 0. The first kappa shape index (κ1) is 12.3. The largest absolute Gasteiger partial charge is 0.394 e. The molecule has 0 saturated heterocycles. The second-order valence-electron chi connectivity index (χ2n) is 4.04. The molecule has 0 aromatic rings. The maximum Gasteiger partial charge on any atom is 0.394 e. The van der Waals surface area contributed by atoms with Crippen molar-refractivity contribution in [2.24, 2.45) is 16.6 Å². The number of nitrogens with zero attached hydrogens (tertiary/aromatic N) is 1. The average Bonchev–Trinajstić information content (AvgIpc) is 2.47. The van der Waals surface area contributed by atoms with E-state index in [1.807, 2.05) is 6.92 Å². The molecule has 0 spiro atoms. The molecule has 0 radical (unpaired) electrons. The average molecular weight is 222 g/mol. The van der Waals surface area contributed by atoms with E-state index < -0.39 is 18.1 Å². The molecule has 0 aromatic carbocycles.